The number of ketones is 1. The van der Waals surface area contributed by atoms with Crippen LogP contribution in [0.25, 0.3) is 0 Å². The van der Waals surface area contributed by atoms with Gasteiger partial charge in [0.15, 0.2) is 0 Å². The van der Waals surface area contributed by atoms with Crippen molar-refractivity contribution in [2.45, 2.75) is 58.8 Å². The normalized spacial score (nSPS) is 28.1. The molecule has 0 bridgehead atoms. The summed E-state index contributed by atoms with van der Waals surface area (Å²) < 4.78 is 0. The van der Waals surface area contributed by atoms with Crippen LogP contribution < -0.4 is 0 Å². The predicted molar refractivity (Wildman–Crippen MR) is 75.9 cm³/mol. The highest BCUT2D eigenvalue weighted by Crippen LogP contribution is 2.32. The zero-order valence-electron chi connectivity index (χ0n) is 12.6. The van der Waals surface area contributed by atoms with Crippen molar-refractivity contribution in [3.63, 3.8) is 0 Å². The topological polar surface area (TPSA) is 54.5 Å². The van der Waals surface area contributed by atoms with Crippen molar-refractivity contribution >= 4 is 17.6 Å². The smallest absolute Gasteiger partial charge is 0.229 e. The van der Waals surface area contributed by atoms with Gasteiger partial charge in [-0.05, 0) is 38.0 Å². The molecule has 0 unspecified atom stereocenters. The molecule has 0 spiro atoms. The van der Waals surface area contributed by atoms with E-state index in [9.17, 15) is 14.4 Å². The van der Waals surface area contributed by atoms with Crippen LogP contribution in [0, 0.1) is 17.8 Å². The van der Waals surface area contributed by atoms with E-state index in [2.05, 4.69) is 0 Å². The zero-order chi connectivity index (χ0) is 14.7. The fourth-order valence-electron chi connectivity index (χ4n) is 3.36. The molecule has 0 N–H and O–H groups in total. The SMILES string of the molecule is CC(C)C(=O)C1CCC(CN2C(=O)CCCC2=O)CC1. The quantitative estimate of drug-likeness (QED) is 0.743. The average Bonchev–Trinajstić information content (AvgIpc) is 2.43. The number of rotatable bonds is 4. The van der Waals surface area contributed by atoms with Crippen LogP contribution in [0.5, 0.6) is 0 Å². The first-order valence-electron chi connectivity index (χ1n) is 7.86. The number of nitrogens with zero attached hydrogens (tertiary/aromatic N) is 1. The molecule has 1 saturated heterocycles. The number of piperidine rings is 1. The monoisotopic (exact) mass is 279 g/mol. The minimum absolute atomic E-state index is 0.0124. The number of likely N-dealkylation sites (tertiary alicyclic amines) is 1. The number of Topliss-reactive ketones (excluding diaryl/α,β-unsaturated/α-hetero) is 1. The van der Waals surface area contributed by atoms with Crippen LogP contribution in [0.4, 0.5) is 0 Å². The van der Waals surface area contributed by atoms with Crippen LogP contribution in [-0.2, 0) is 14.4 Å². The van der Waals surface area contributed by atoms with Crippen molar-refractivity contribution in [3.8, 4) is 0 Å². The lowest BCUT2D eigenvalue weighted by Crippen LogP contribution is -2.43. The highest BCUT2D eigenvalue weighted by atomic mass is 16.2. The lowest BCUT2D eigenvalue weighted by Gasteiger charge is -2.33. The summed E-state index contributed by atoms with van der Waals surface area (Å²) in [6, 6.07) is 0. The van der Waals surface area contributed by atoms with Crippen molar-refractivity contribution in [1.82, 2.24) is 4.90 Å². The van der Waals surface area contributed by atoms with Gasteiger partial charge in [-0.2, -0.15) is 0 Å². The molecule has 0 radical (unpaired) electrons. The third-order valence-corrected chi connectivity index (χ3v) is 4.64. The summed E-state index contributed by atoms with van der Waals surface area (Å²) in [5.41, 5.74) is 0. The van der Waals surface area contributed by atoms with Crippen LogP contribution in [0.1, 0.15) is 58.8 Å². The van der Waals surface area contributed by atoms with E-state index in [-0.39, 0.29) is 23.7 Å². The summed E-state index contributed by atoms with van der Waals surface area (Å²) in [5, 5.41) is 0. The standard InChI is InChI=1S/C16H25NO3/c1-11(2)16(20)13-8-6-12(7-9-13)10-17-14(18)4-3-5-15(17)19/h11-13H,3-10H2,1-2H3. The van der Waals surface area contributed by atoms with Crippen molar-refractivity contribution in [1.29, 1.82) is 0 Å². The molecule has 20 heavy (non-hydrogen) atoms. The summed E-state index contributed by atoms with van der Waals surface area (Å²) in [6.45, 7) is 4.49. The second kappa shape index (κ2) is 6.51. The van der Waals surface area contributed by atoms with Crippen molar-refractivity contribution in [2.75, 3.05) is 6.54 Å². The molecule has 2 aliphatic rings. The Morgan fingerprint density at radius 2 is 1.65 bits per heavy atom. The van der Waals surface area contributed by atoms with Crippen LogP contribution in [0.15, 0.2) is 0 Å². The fourth-order valence-corrected chi connectivity index (χ4v) is 3.36. The number of amides is 2. The van der Waals surface area contributed by atoms with Crippen LogP contribution in [0.3, 0.4) is 0 Å². The summed E-state index contributed by atoms with van der Waals surface area (Å²) in [7, 11) is 0. The molecular weight excluding hydrogens is 254 g/mol. The van der Waals surface area contributed by atoms with E-state index in [1.165, 1.54) is 4.90 Å². The maximum absolute atomic E-state index is 12.0. The summed E-state index contributed by atoms with van der Waals surface area (Å²) in [4.78, 5) is 37.0. The Morgan fingerprint density at radius 1 is 1.10 bits per heavy atom. The van der Waals surface area contributed by atoms with Crippen molar-refractivity contribution < 1.29 is 14.4 Å². The van der Waals surface area contributed by atoms with E-state index in [1.54, 1.807) is 0 Å². The minimum atomic E-state index is -0.0124. The van der Waals surface area contributed by atoms with Gasteiger partial charge in [0.2, 0.25) is 11.8 Å². The lowest BCUT2D eigenvalue weighted by atomic mass is 9.77. The Morgan fingerprint density at radius 3 is 2.15 bits per heavy atom. The maximum atomic E-state index is 12.0. The van der Waals surface area contributed by atoms with Gasteiger partial charge in [-0.1, -0.05) is 13.8 Å². The first-order valence-corrected chi connectivity index (χ1v) is 7.86. The van der Waals surface area contributed by atoms with Crippen LogP contribution in [-0.4, -0.2) is 29.0 Å². The molecule has 4 heteroatoms. The molecule has 1 heterocycles. The van der Waals surface area contributed by atoms with Gasteiger partial charge in [0.25, 0.3) is 0 Å². The number of imide groups is 1. The largest absolute Gasteiger partial charge is 0.299 e. The van der Waals surface area contributed by atoms with E-state index < -0.39 is 0 Å². The Hall–Kier alpha value is -1.19. The number of carbonyl (C=O) groups is 3. The summed E-state index contributed by atoms with van der Waals surface area (Å²) in [5.74, 6) is 1.04. The Labute approximate surface area is 120 Å². The van der Waals surface area contributed by atoms with E-state index in [1.807, 2.05) is 13.8 Å². The Balaban J connectivity index is 1.83. The molecule has 2 rings (SSSR count). The maximum Gasteiger partial charge on any atom is 0.229 e. The predicted octanol–water partition coefficient (Wildman–Crippen LogP) is 2.56. The Bertz CT molecular complexity index is 379. The highest BCUT2D eigenvalue weighted by molar-refractivity contribution is 5.97. The first-order chi connectivity index (χ1) is 9.49. The van der Waals surface area contributed by atoms with Gasteiger partial charge in [0.05, 0.1) is 0 Å². The molecule has 2 fully saturated rings. The molecule has 0 aromatic heterocycles. The summed E-state index contributed by atoms with van der Waals surface area (Å²) >= 11 is 0. The molecule has 2 amide bonds. The van der Waals surface area contributed by atoms with Gasteiger partial charge >= 0.3 is 0 Å². The molecule has 1 aliphatic carbocycles. The van der Waals surface area contributed by atoms with Gasteiger partial charge < -0.3 is 0 Å². The molecule has 0 atom stereocenters. The second-order valence-corrected chi connectivity index (χ2v) is 6.53. The number of hydrogen-bond acceptors (Lipinski definition) is 3. The van der Waals surface area contributed by atoms with E-state index in [0.29, 0.717) is 37.5 Å². The molecule has 0 aromatic carbocycles. The third-order valence-electron chi connectivity index (χ3n) is 4.64. The van der Waals surface area contributed by atoms with Crippen LogP contribution >= 0.6 is 0 Å². The highest BCUT2D eigenvalue weighted by Gasteiger charge is 2.32. The zero-order valence-corrected chi connectivity index (χ0v) is 12.6. The van der Waals surface area contributed by atoms with Gasteiger partial charge in [-0.15, -0.1) is 0 Å². The second-order valence-electron chi connectivity index (χ2n) is 6.53. The fraction of sp³-hybridized carbons (Fsp3) is 0.812. The molecule has 1 saturated carbocycles. The average molecular weight is 279 g/mol. The van der Waals surface area contributed by atoms with E-state index in [4.69, 9.17) is 0 Å². The van der Waals surface area contributed by atoms with Gasteiger partial charge in [-0.3, -0.25) is 19.3 Å². The van der Waals surface area contributed by atoms with Crippen molar-refractivity contribution in [3.05, 3.63) is 0 Å². The number of carbonyl (C=O) groups excluding carboxylic acids is 3. The lowest BCUT2D eigenvalue weighted by molar-refractivity contribution is -0.149. The molecule has 1 aliphatic heterocycles. The molecule has 4 nitrogen and oxygen atoms in total. The van der Waals surface area contributed by atoms with Gasteiger partial charge in [0, 0.05) is 31.2 Å². The molecular formula is C16H25NO3. The minimum Gasteiger partial charge on any atom is -0.299 e. The Kier molecular flexibility index (Phi) is 4.95. The molecule has 0 aromatic rings. The van der Waals surface area contributed by atoms with E-state index >= 15 is 0 Å². The van der Waals surface area contributed by atoms with Crippen molar-refractivity contribution in [2.24, 2.45) is 17.8 Å². The first kappa shape index (κ1) is 15.2. The molecule has 112 valence electrons. The van der Waals surface area contributed by atoms with E-state index in [0.717, 1.165) is 25.7 Å². The van der Waals surface area contributed by atoms with Gasteiger partial charge in [-0.25, -0.2) is 0 Å². The van der Waals surface area contributed by atoms with Crippen LogP contribution in [0.2, 0.25) is 0 Å². The van der Waals surface area contributed by atoms with Gasteiger partial charge in [0.1, 0.15) is 5.78 Å². The third kappa shape index (κ3) is 3.47. The summed E-state index contributed by atoms with van der Waals surface area (Å²) in [6.07, 6.45) is 5.46. The number of hydrogen-bond donors (Lipinski definition) is 0.